The molecule has 0 spiro atoms. The molecule has 0 aromatic heterocycles. The van der Waals surface area contributed by atoms with Crippen LogP contribution in [0.1, 0.15) is 20.7 Å². The second-order valence-corrected chi connectivity index (χ2v) is 4.37. The van der Waals surface area contributed by atoms with Gasteiger partial charge in [-0.25, -0.2) is 9.18 Å². The predicted octanol–water partition coefficient (Wildman–Crippen LogP) is 3.43. The third kappa shape index (κ3) is 3.13. The largest absolute Gasteiger partial charge is 0.478 e. The number of nitrogens with one attached hydrogen (secondary N) is 1. The molecule has 0 bridgehead atoms. The van der Waals surface area contributed by atoms with Gasteiger partial charge < -0.3 is 10.4 Å². The van der Waals surface area contributed by atoms with Crippen LogP contribution >= 0.6 is 11.6 Å². The number of hydrogen-bond donors (Lipinski definition) is 2. The quantitative estimate of drug-likeness (QED) is 0.911. The van der Waals surface area contributed by atoms with E-state index in [1.54, 1.807) is 0 Å². The Morgan fingerprint density at radius 2 is 1.75 bits per heavy atom. The Bertz CT molecular complexity index is 671. The Kier molecular flexibility index (Phi) is 4.00. The molecular weight excluding hydrogens is 285 g/mol. The van der Waals surface area contributed by atoms with E-state index >= 15 is 0 Å². The first kappa shape index (κ1) is 14.0. The van der Waals surface area contributed by atoms with Crippen molar-refractivity contribution in [3.8, 4) is 0 Å². The summed E-state index contributed by atoms with van der Waals surface area (Å²) < 4.78 is 12.8. The van der Waals surface area contributed by atoms with E-state index in [4.69, 9.17) is 16.7 Å². The Hall–Kier alpha value is -2.40. The van der Waals surface area contributed by atoms with Crippen molar-refractivity contribution in [1.82, 2.24) is 0 Å². The third-order valence-electron chi connectivity index (χ3n) is 2.56. The molecule has 0 radical (unpaired) electrons. The van der Waals surface area contributed by atoms with Gasteiger partial charge in [-0.05, 0) is 42.5 Å². The minimum absolute atomic E-state index is 0.0808. The monoisotopic (exact) mass is 293 g/mol. The van der Waals surface area contributed by atoms with Gasteiger partial charge >= 0.3 is 5.97 Å². The van der Waals surface area contributed by atoms with Gasteiger partial charge in [0.15, 0.2) is 0 Å². The zero-order valence-corrected chi connectivity index (χ0v) is 10.8. The summed E-state index contributed by atoms with van der Waals surface area (Å²) in [6, 6.07) is 9.11. The first-order valence-electron chi connectivity index (χ1n) is 5.57. The second kappa shape index (κ2) is 5.71. The summed E-state index contributed by atoms with van der Waals surface area (Å²) >= 11 is 5.73. The summed E-state index contributed by atoms with van der Waals surface area (Å²) in [5, 5.41) is 11.5. The van der Waals surface area contributed by atoms with Crippen LogP contribution < -0.4 is 5.32 Å². The molecule has 0 saturated heterocycles. The van der Waals surface area contributed by atoms with Crippen LogP contribution in [0.5, 0.6) is 0 Å². The maximum absolute atomic E-state index is 12.8. The van der Waals surface area contributed by atoms with E-state index in [1.165, 1.54) is 42.5 Å². The minimum atomic E-state index is -1.19. The molecule has 0 aliphatic heterocycles. The van der Waals surface area contributed by atoms with Crippen molar-refractivity contribution in [3.05, 3.63) is 64.4 Å². The molecular formula is C14H9ClFNO3. The van der Waals surface area contributed by atoms with Gasteiger partial charge in [-0.1, -0.05) is 11.6 Å². The molecule has 0 unspecified atom stereocenters. The number of carbonyl (C=O) groups is 2. The van der Waals surface area contributed by atoms with Crippen molar-refractivity contribution >= 4 is 29.2 Å². The lowest BCUT2D eigenvalue weighted by atomic mass is 10.1. The highest BCUT2D eigenvalue weighted by molar-refractivity contribution is 6.33. The van der Waals surface area contributed by atoms with Crippen LogP contribution in [-0.2, 0) is 0 Å². The highest BCUT2D eigenvalue weighted by Crippen LogP contribution is 2.21. The van der Waals surface area contributed by atoms with Crippen molar-refractivity contribution < 1.29 is 19.1 Å². The molecule has 2 rings (SSSR count). The van der Waals surface area contributed by atoms with Gasteiger partial charge in [0.05, 0.1) is 10.6 Å². The Balaban J connectivity index is 2.21. The molecule has 0 fully saturated rings. The minimum Gasteiger partial charge on any atom is -0.478 e. The van der Waals surface area contributed by atoms with Crippen molar-refractivity contribution in [2.75, 3.05) is 5.32 Å². The van der Waals surface area contributed by atoms with Gasteiger partial charge in [0, 0.05) is 11.3 Å². The van der Waals surface area contributed by atoms with E-state index in [2.05, 4.69) is 5.32 Å². The average molecular weight is 294 g/mol. The van der Waals surface area contributed by atoms with E-state index in [-0.39, 0.29) is 16.1 Å². The van der Waals surface area contributed by atoms with Gasteiger partial charge in [0.2, 0.25) is 0 Å². The number of anilines is 1. The molecule has 0 aliphatic rings. The first-order valence-corrected chi connectivity index (χ1v) is 5.95. The first-order chi connectivity index (χ1) is 9.47. The predicted molar refractivity (Wildman–Crippen MR) is 72.8 cm³/mol. The molecule has 2 aromatic rings. The summed E-state index contributed by atoms with van der Waals surface area (Å²) in [6.07, 6.45) is 0. The number of benzene rings is 2. The van der Waals surface area contributed by atoms with Gasteiger partial charge in [0.1, 0.15) is 5.82 Å². The molecule has 2 aromatic carbocycles. The zero-order valence-electron chi connectivity index (χ0n) is 10.1. The molecule has 102 valence electrons. The molecule has 20 heavy (non-hydrogen) atoms. The lowest BCUT2D eigenvalue weighted by molar-refractivity contribution is 0.0696. The molecule has 0 saturated carbocycles. The number of aromatic carboxylic acids is 1. The smallest absolute Gasteiger partial charge is 0.337 e. The number of carbonyl (C=O) groups excluding carboxylic acids is 1. The fourth-order valence-electron chi connectivity index (χ4n) is 1.57. The van der Waals surface area contributed by atoms with Crippen LogP contribution in [0.4, 0.5) is 10.1 Å². The van der Waals surface area contributed by atoms with E-state index in [0.717, 1.165) is 0 Å². The third-order valence-corrected chi connectivity index (χ3v) is 2.89. The number of amides is 1. The topological polar surface area (TPSA) is 66.4 Å². The molecule has 0 atom stereocenters. The Morgan fingerprint density at radius 1 is 1.10 bits per heavy atom. The van der Waals surface area contributed by atoms with Crippen molar-refractivity contribution in [2.24, 2.45) is 0 Å². The van der Waals surface area contributed by atoms with Gasteiger partial charge in [-0.2, -0.15) is 0 Å². The number of halogens is 2. The fraction of sp³-hybridized carbons (Fsp3) is 0. The number of carboxylic acids is 1. The molecule has 2 N–H and O–H groups in total. The summed E-state index contributed by atoms with van der Waals surface area (Å²) in [5.74, 6) is -2.10. The van der Waals surface area contributed by atoms with E-state index in [9.17, 15) is 14.0 Å². The number of rotatable bonds is 3. The van der Waals surface area contributed by atoms with Crippen LogP contribution in [0.15, 0.2) is 42.5 Å². The Labute approximate surface area is 118 Å². The fourth-order valence-corrected chi connectivity index (χ4v) is 1.77. The maximum atomic E-state index is 12.8. The highest BCUT2D eigenvalue weighted by atomic mass is 35.5. The Morgan fingerprint density at radius 3 is 2.35 bits per heavy atom. The highest BCUT2D eigenvalue weighted by Gasteiger charge is 2.11. The summed E-state index contributed by atoms with van der Waals surface area (Å²) in [5.41, 5.74) is 0.447. The van der Waals surface area contributed by atoms with Crippen LogP contribution in [-0.4, -0.2) is 17.0 Å². The van der Waals surface area contributed by atoms with Gasteiger partial charge in [-0.15, -0.1) is 0 Å². The zero-order chi connectivity index (χ0) is 14.7. The number of hydrogen-bond acceptors (Lipinski definition) is 2. The van der Waals surface area contributed by atoms with Crippen molar-refractivity contribution in [2.45, 2.75) is 0 Å². The molecule has 4 nitrogen and oxygen atoms in total. The van der Waals surface area contributed by atoms with Crippen LogP contribution in [0.3, 0.4) is 0 Å². The van der Waals surface area contributed by atoms with E-state index in [1.807, 2.05) is 0 Å². The summed E-state index contributed by atoms with van der Waals surface area (Å²) in [7, 11) is 0. The van der Waals surface area contributed by atoms with E-state index < -0.39 is 17.7 Å². The molecule has 6 heteroatoms. The lowest BCUT2D eigenvalue weighted by Crippen LogP contribution is -2.12. The molecule has 0 heterocycles. The standard InChI is InChI=1S/C14H9ClFNO3/c15-12-6-5-10(7-11(12)14(19)20)17-13(18)8-1-3-9(16)4-2-8/h1-7H,(H,17,18)(H,19,20). The van der Waals surface area contributed by atoms with Crippen LogP contribution in [0, 0.1) is 5.82 Å². The normalized spacial score (nSPS) is 10.1. The second-order valence-electron chi connectivity index (χ2n) is 3.96. The van der Waals surface area contributed by atoms with Crippen molar-refractivity contribution in [1.29, 1.82) is 0 Å². The lowest BCUT2D eigenvalue weighted by Gasteiger charge is -2.07. The van der Waals surface area contributed by atoms with Gasteiger partial charge in [0.25, 0.3) is 5.91 Å². The molecule has 0 aliphatic carbocycles. The molecule has 1 amide bonds. The van der Waals surface area contributed by atoms with Crippen LogP contribution in [0.2, 0.25) is 5.02 Å². The number of carboxylic acid groups (broad SMARTS) is 1. The summed E-state index contributed by atoms with van der Waals surface area (Å²) in [4.78, 5) is 22.8. The van der Waals surface area contributed by atoms with Gasteiger partial charge in [-0.3, -0.25) is 4.79 Å². The average Bonchev–Trinajstić information content (AvgIpc) is 2.41. The SMILES string of the molecule is O=C(Nc1ccc(Cl)c(C(=O)O)c1)c1ccc(F)cc1. The summed E-state index contributed by atoms with van der Waals surface area (Å²) in [6.45, 7) is 0. The maximum Gasteiger partial charge on any atom is 0.337 e. The van der Waals surface area contributed by atoms with Crippen LogP contribution in [0.25, 0.3) is 0 Å². The van der Waals surface area contributed by atoms with E-state index in [0.29, 0.717) is 5.69 Å². The van der Waals surface area contributed by atoms with Crippen molar-refractivity contribution in [3.63, 3.8) is 0 Å².